The molecule has 0 aromatic carbocycles. The molecule has 0 radical (unpaired) electrons. The third-order valence-corrected chi connectivity index (χ3v) is 2.64. The summed E-state index contributed by atoms with van der Waals surface area (Å²) in [7, 11) is 3.05. The zero-order valence-electron chi connectivity index (χ0n) is 11.5. The van der Waals surface area contributed by atoms with Crippen LogP contribution in [-0.4, -0.2) is 61.4 Å². The molecule has 0 spiro atoms. The van der Waals surface area contributed by atoms with Gasteiger partial charge >= 0.3 is 0 Å². The number of carbonyl (C=O) groups excluding carboxylic acids is 1. The molecule has 0 aliphatic rings. The van der Waals surface area contributed by atoms with Crippen molar-refractivity contribution in [3.8, 4) is 0 Å². The van der Waals surface area contributed by atoms with E-state index < -0.39 is 5.60 Å². The SMILES string of the molecule is COCCN(CCC(N)=NO)C(=O)C(C)(C)OC. The Kier molecular flexibility index (Phi) is 7.30. The van der Waals surface area contributed by atoms with Gasteiger partial charge in [-0.3, -0.25) is 4.79 Å². The van der Waals surface area contributed by atoms with Gasteiger partial charge in [0.15, 0.2) is 0 Å². The Hall–Kier alpha value is -1.34. The van der Waals surface area contributed by atoms with Gasteiger partial charge in [0.1, 0.15) is 11.4 Å². The Morgan fingerprint density at radius 3 is 2.44 bits per heavy atom. The molecule has 7 heteroatoms. The van der Waals surface area contributed by atoms with Gasteiger partial charge in [0.2, 0.25) is 0 Å². The minimum absolute atomic E-state index is 0.0837. The van der Waals surface area contributed by atoms with Crippen LogP contribution in [0.2, 0.25) is 0 Å². The van der Waals surface area contributed by atoms with E-state index in [1.165, 1.54) is 7.11 Å². The van der Waals surface area contributed by atoms with Crippen molar-refractivity contribution in [2.75, 3.05) is 33.9 Å². The summed E-state index contributed by atoms with van der Waals surface area (Å²) in [4.78, 5) is 13.8. The van der Waals surface area contributed by atoms with Crippen LogP contribution in [0.15, 0.2) is 5.16 Å². The average molecular weight is 261 g/mol. The maximum absolute atomic E-state index is 12.2. The number of rotatable bonds is 8. The number of hydrogen-bond donors (Lipinski definition) is 2. The van der Waals surface area contributed by atoms with Gasteiger partial charge in [-0.1, -0.05) is 5.16 Å². The Labute approximate surface area is 108 Å². The van der Waals surface area contributed by atoms with Gasteiger partial charge in [0.25, 0.3) is 5.91 Å². The number of amides is 1. The Morgan fingerprint density at radius 1 is 1.39 bits per heavy atom. The average Bonchev–Trinajstić information content (AvgIpc) is 2.37. The molecule has 0 fully saturated rings. The first-order valence-corrected chi connectivity index (χ1v) is 5.69. The molecular weight excluding hydrogens is 238 g/mol. The van der Waals surface area contributed by atoms with Crippen molar-refractivity contribution in [1.29, 1.82) is 0 Å². The molecule has 0 aromatic heterocycles. The zero-order chi connectivity index (χ0) is 14.2. The maximum atomic E-state index is 12.2. The standard InChI is InChI=1S/C11H23N3O4/c1-11(2,18-4)10(15)14(7-8-17-3)6-5-9(12)13-16/h16H,5-8H2,1-4H3,(H2,12,13). The van der Waals surface area contributed by atoms with Crippen molar-refractivity contribution in [3.63, 3.8) is 0 Å². The van der Waals surface area contributed by atoms with Gasteiger partial charge < -0.3 is 25.3 Å². The van der Waals surface area contributed by atoms with Crippen LogP contribution < -0.4 is 5.73 Å². The molecule has 0 saturated heterocycles. The second kappa shape index (κ2) is 7.88. The fourth-order valence-electron chi connectivity index (χ4n) is 1.28. The molecule has 0 rings (SSSR count). The normalized spacial score (nSPS) is 12.6. The molecule has 0 bridgehead atoms. The number of nitrogens with zero attached hydrogens (tertiary/aromatic N) is 2. The van der Waals surface area contributed by atoms with Crippen molar-refractivity contribution >= 4 is 11.7 Å². The summed E-state index contributed by atoms with van der Waals surface area (Å²) in [5.41, 5.74) is 4.49. The molecular formula is C11H23N3O4. The molecule has 18 heavy (non-hydrogen) atoms. The van der Waals surface area contributed by atoms with Crippen molar-refractivity contribution in [2.45, 2.75) is 25.9 Å². The van der Waals surface area contributed by atoms with Crippen molar-refractivity contribution < 1.29 is 19.5 Å². The lowest BCUT2D eigenvalue weighted by molar-refractivity contribution is -0.151. The summed E-state index contributed by atoms with van der Waals surface area (Å²) in [6.07, 6.45) is 0.297. The number of ether oxygens (including phenoxy) is 2. The Balaban J connectivity index is 4.61. The molecule has 0 aliphatic heterocycles. The van der Waals surface area contributed by atoms with Gasteiger partial charge in [-0.25, -0.2) is 0 Å². The summed E-state index contributed by atoms with van der Waals surface area (Å²) < 4.78 is 10.1. The van der Waals surface area contributed by atoms with Crippen LogP contribution in [0.25, 0.3) is 0 Å². The molecule has 7 nitrogen and oxygen atoms in total. The summed E-state index contributed by atoms with van der Waals surface area (Å²) >= 11 is 0. The second-order valence-corrected chi connectivity index (χ2v) is 4.34. The quantitative estimate of drug-likeness (QED) is 0.278. The largest absolute Gasteiger partial charge is 0.409 e. The van der Waals surface area contributed by atoms with Crippen LogP contribution in [-0.2, 0) is 14.3 Å². The van der Waals surface area contributed by atoms with Crippen LogP contribution in [0.4, 0.5) is 0 Å². The molecule has 0 atom stereocenters. The molecule has 0 heterocycles. The minimum Gasteiger partial charge on any atom is -0.409 e. The lowest BCUT2D eigenvalue weighted by Gasteiger charge is -2.30. The van der Waals surface area contributed by atoms with Gasteiger partial charge in [-0.15, -0.1) is 0 Å². The first-order chi connectivity index (χ1) is 8.38. The van der Waals surface area contributed by atoms with E-state index in [0.29, 0.717) is 26.1 Å². The lowest BCUT2D eigenvalue weighted by atomic mass is 10.1. The first-order valence-electron chi connectivity index (χ1n) is 5.69. The molecule has 106 valence electrons. The number of nitrogens with two attached hydrogens (primary N) is 1. The monoisotopic (exact) mass is 261 g/mol. The number of carbonyl (C=O) groups is 1. The van der Waals surface area contributed by atoms with Crippen molar-refractivity contribution in [3.05, 3.63) is 0 Å². The first kappa shape index (κ1) is 16.7. The van der Waals surface area contributed by atoms with Crippen LogP contribution in [0.1, 0.15) is 20.3 Å². The van der Waals surface area contributed by atoms with Crippen molar-refractivity contribution in [1.82, 2.24) is 4.90 Å². The van der Waals surface area contributed by atoms with Crippen LogP contribution in [0.5, 0.6) is 0 Å². The highest BCUT2D eigenvalue weighted by Gasteiger charge is 2.31. The van der Waals surface area contributed by atoms with Crippen LogP contribution in [0, 0.1) is 0 Å². The van der Waals surface area contributed by atoms with E-state index in [1.54, 1.807) is 25.9 Å². The molecule has 0 aliphatic carbocycles. The van der Waals surface area contributed by atoms with Gasteiger partial charge in [-0.05, 0) is 13.8 Å². The predicted octanol–water partition coefficient (Wildman–Crippen LogP) is 0.0229. The number of amidine groups is 1. The van der Waals surface area contributed by atoms with E-state index in [9.17, 15) is 4.79 Å². The molecule has 0 aromatic rings. The van der Waals surface area contributed by atoms with E-state index >= 15 is 0 Å². The van der Waals surface area contributed by atoms with E-state index in [4.69, 9.17) is 20.4 Å². The van der Waals surface area contributed by atoms with Gasteiger partial charge in [0.05, 0.1) is 6.61 Å². The van der Waals surface area contributed by atoms with Crippen LogP contribution in [0.3, 0.4) is 0 Å². The third kappa shape index (κ3) is 5.33. The molecule has 1 amide bonds. The Morgan fingerprint density at radius 2 is 2.00 bits per heavy atom. The Bertz CT molecular complexity index is 292. The highest BCUT2D eigenvalue weighted by molar-refractivity contribution is 5.85. The van der Waals surface area contributed by atoms with Crippen molar-refractivity contribution in [2.24, 2.45) is 10.9 Å². The van der Waals surface area contributed by atoms with Crippen LogP contribution >= 0.6 is 0 Å². The fraction of sp³-hybridized carbons (Fsp3) is 0.818. The number of methoxy groups -OCH3 is 2. The summed E-state index contributed by atoms with van der Waals surface area (Å²) in [5, 5.41) is 11.4. The van der Waals surface area contributed by atoms with E-state index in [1.807, 2.05) is 0 Å². The summed E-state index contributed by atoms with van der Waals surface area (Å²) in [6, 6.07) is 0. The minimum atomic E-state index is -0.904. The summed E-state index contributed by atoms with van der Waals surface area (Å²) in [6.45, 7) is 4.59. The predicted molar refractivity (Wildman–Crippen MR) is 67.6 cm³/mol. The highest BCUT2D eigenvalue weighted by Crippen LogP contribution is 2.12. The van der Waals surface area contributed by atoms with E-state index in [2.05, 4.69) is 5.16 Å². The maximum Gasteiger partial charge on any atom is 0.254 e. The topological polar surface area (TPSA) is 97.4 Å². The molecule has 0 saturated carbocycles. The van der Waals surface area contributed by atoms with Gasteiger partial charge in [-0.2, -0.15) is 0 Å². The van der Waals surface area contributed by atoms with E-state index in [-0.39, 0.29) is 11.7 Å². The fourth-order valence-corrected chi connectivity index (χ4v) is 1.28. The van der Waals surface area contributed by atoms with E-state index in [0.717, 1.165) is 0 Å². The third-order valence-electron chi connectivity index (χ3n) is 2.64. The highest BCUT2D eigenvalue weighted by atomic mass is 16.5. The molecule has 3 N–H and O–H groups in total. The van der Waals surface area contributed by atoms with Gasteiger partial charge in [0, 0.05) is 33.7 Å². The smallest absolute Gasteiger partial charge is 0.254 e. The molecule has 0 unspecified atom stereocenters. The summed E-state index contributed by atoms with van der Waals surface area (Å²) in [5.74, 6) is -0.0757. The number of hydrogen-bond acceptors (Lipinski definition) is 5. The second-order valence-electron chi connectivity index (χ2n) is 4.34. The zero-order valence-corrected chi connectivity index (χ0v) is 11.5. The number of oxime groups is 1. The lowest BCUT2D eigenvalue weighted by Crippen LogP contribution is -2.48.